The molecule has 66 valence electrons. The van der Waals surface area contributed by atoms with Gasteiger partial charge >= 0.3 is 0 Å². The van der Waals surface area contributed by atoms with Gasteiger partial charge in [0, 0.05) is 19.5 Å². The van der Waals surface area contributed by atoms with Crippen LogP contribution in [0.5, 0.6) is 0 Å². The van der Waals surface area contributed by atoms with E-state index in [0.29, 0.717) is 5.82 Å². The van der Waals surface area contributed by atoms with E-state index in [1.807, 2.05) is 6.92 Å². The predicted octanol–water partition coefficient (Wildman–Crippen LogP) is 0.465. The number of aliphatic hydroxyl groups excluding tert-OH is 1. The molecule has 1 heterocycles. The molecule has 0 spiro atoms. The van der Waals surface area contributed by atoms with Crippen molar-refractivity contribution in [2.24, 2.45) is 0 Å². The molecule has 1 aromatic rings. The molecule has 0 amide bonds. The molecule has 0 saturated carbocycles. The first-order valence-corrected chi connectivity index (χ1v) is 3.69. The van der Waals surface area contributed by atoms with Gasteiger partial charge in [-0.15, -0.1) is 0 Å². The summed E-state index contributed by atoms with van der Waals surface area (Å²) < 4.78 is 4.76. The zero-order chi connectivity index (χ0) is 8.97. The quantitative estimate of drug-likeness (QED) is 0.712. The van der Waals surface area contributed by atoms with Crippen molar-refractivity contribution < 1.29 is 9.84 Å². The van der Waals surface area contributed by atoms with Gasteiger partial charge in [-0.3, -0.25) is 0 Å². The number of methoxy groups -OCH3 is 1. The molecule has 0 aliphatic heterocycles. The lowest BCUT2D eigenvalue weighted by atomic mass is 10.3. The van der Waals surface area contributed by atoms with Crippen LogP contribution in [0.1, 0.15) is 17.5 Å². The zero-order valence-corrected chi connectivity index (χ0v) is 7.19. The lowest BCUT2D eigenvalue weighted by Crippen LogP contribution is -2.09. The predicted molar refractivity (Wildman–Crippen MR) is 43.6 cm³/mol. The number of rotatable bonds is 3. The van der Waals surface area contributed by atoms with Crippen LogP contribution in [0.15, 0.2) is 12.4 Å². The monoisotopic (exact) mass is 168 g/mol. The van der Waals surface area contributed by atoms with Crippen molar-refractivity contribution in [1.29, 1.82) is 0 Å². The molecular formula is C8H12N2O2. The third-order valence-electron chi connectivity index (χ3n) is 1.42. The van der Waals surface area contributed by atoms with Gasteiger partial charge in [-0.2, -0.15) is 0 Å². The van der Waals surface area contributed by atoms with Crippen LogP contribution in [-0.2, 0) is 4.74 Å². The molecule has 1 N–H and O–H groups in total. The standard InChI is InChI=1S/C8H12N2O2/c1-6-3-9-8(10-4-6)7(11)5-12-2/h3-4,7,11H,5H2,1-2H3. The minimum atomic E-state index is -0.726. The number of nitrogens with zero attached hydrogens (tertiary/aromatic N) is 2. The summed E-state index contributed by atoms with van der Waals surface area (Å²) in [7, 11) is 1.53. The van der Waals surface area contributed by atoms with Crippen molar-refractivity contribution in [3.8, 4) is 0 Å². The van der Waals surface area contributed by atoms with E-state index in [-0.39, 0.29) is 6.61 Å². The van der Waals surface area contributed by atoms with E-state index in [1.165, 1.54) is 7.11 Å². The van der Waals surface area contributed by atoms with E-state index in [1.54, 1.807) is 12.4 Å². The summed E-state index contributed by atoms with van der Waals surface area (Å²) in [5.74, 6) is 0.405. The van der Waals surface area contributed by atoms with Crippen LogP contribution < -0.4 is 0 Å². The molecule has 0 saturated heterocycles. The molecule has 1 aromatic heterocycles. The molecule has 0 bridgehead atoms. The summed E-state index contributed by atoms with van der Waals surface area (Å²) in [6.07, 6.45) is 2.61. The molecule has 4 nitrogen and oxygen atoms in total. The average Bonchev–Trinajstić information content (AvgIpc) is 2.06. The van der Waals surface area contributed by atoms with Gasteiger partial charge in [0.1, 0.15) is 6.10 Å². The lowest BCUT2D eigenvalue weighted by molar-refractivity contribution is 0.0587. The number of hydrogen-bond donors (Lipinski definition) is 1. The van der Waals surface area contributed by atoms with Gasteiger partial charge in [-0.25, -0.2) is 9.97 Å². The minimum Gasteiger partial charge on any atom is -0.383 e. The summed E-state index contributed by atoms with van der Waals surface area (Å²) in [6, 6.07) is 0. The minimum absolute atomic E-state index is 0.225. The number of aromatic nitrogens is 2. The van der Waals surface area contributed by atoms with Gasteiger partial charge in [0.05, 0.1) is 6.61 Å². The Hall–Kier alpha value is -1.00. The molecule has 1 rings (SSSR count). The fourth-order valence-corrected chi connectivity index (χ4v) is 0.807. The topological polar surface area (TPSA) is 55.2 Å². The third kappa shape index (κ3) is 2.25. The summed E-state index contributed by atoms with van der Waals surface area (Å²) in [4.78, 5) is 7.91. The van der Waals surface area contributed by atoms with Crippen LogP contribution in [0.3, 0.4) is 0 Å². The second-order valence-corrected chi connectivity index (χ2v) is 2.59. The van der Waals surface area contributed by atoms with Gasteiger partial charge in [0.25, 0.3) is 0 Å². The Morgan fingerprint density at radius 3 is 2.58 bits per heavy atom. The molecule has 0 fully saturated rings. The Morgan fingerprint density at radius 2 is 2.08 bits per heavy atom. The van der Waals surface area contributed by atoms with Gasteiger partial charge in [0.15, 0.2) is 5.82 Å². The zero-order valence-electron chi connectivity index (χ0n) is 7.19. The highest BCUT2D eigenvalue weighted by Crippen LogP contribution is 2.06. The molecule has 1 atom stereocenters. The first kappa shape index (κ1) is 9.09. The molecule has 1 unspecified atom stereocenters. The first-order valence-electron chi connectivity index (χ1n) is 3.69. The van der Waals surface area contributed by atoms with E-state index >= 15 is 0 Å². The number of ether oxygens (including phenoxy) is 1. The Bertz CT molecular complexity index is 235. The maximum atomic E-state index is 9.36. The van der Waals surface area contributed by atoms with E-state index in [2.05, 4.69) is 9.97 Å². The Kier molecular flexibility index (Phi) is 3.13. The van der Waals surface area contributed by atoms with E-state index in [9.17, 15) is 5.11 Å². The highest BCUT2D eigenvalue weighted by atomic mass is 16.5. The Balaban J connectivity index is 2.68. The second kappa shape index (κ2) is 4.13. The number of aliphatic hydroxyl groups is 1. The Morgan fingerprint density at radius 1 is 1.50 bits per heavy atom. The van der Waals surface area contributed by atoms with Crippen molar-refractivity contribution in [3.05, 3.63) is 23.8 Å². The lowest BCUT2D eigenvalue weighted by Gasteiger charge is -2.06. The fraction of sp³-hybridized carbons (Fsp3) is 0.500. The largest absolute Gasteiger partial charge is 0.383 e. The summed E-state index contributed by atoms with van der Waals surface area (Å²) in [5, 5.41) is 9.36. The maximum absolute atomic E-state index is 9.36. The van der Waals surface area contributed by atoms with E-state index in [0.717, 1.165) is 5.56 Å². The molecule has 0 aliphatic carbocycles. The third-order valence-corrected chi connectivity index (χ3v) is 1.42. The smallest absolute Gasteiger partial charge is 0.159 e. The maximum Gasteiger partial charge on any atom is 0.159 e. The van der Waals surface area contributed by atoms with Crippen molar-refractivity contribution in [2.45, 2.75) is 13.0 Å². The highest BCUT2D eigenvalue weighted by Gasteiger charge is 2.08. The van der Waals surface area contributed by atoms with Crippen molar-refractivity contribution in [2.75, 3.05) is 13.7 Å². The summed E-state index contributed by atoms with van der Waals surface area (Å²) in [6.45, 7) is 2.12. The average molecular weight is 168 g/mol. The van der Waals surface area contributed by atoms with Crippen LogP contribution in [0.2, 0.25) is 0 Å². The van der Waals surface area contributed by atoms with Crippen LogP contribution in [0, 0.1) is 6.92 Å². The highest BCUT2D eigenvalue weighted by molar-refractivity contribution is 5.03. The fourth-order valence-electron chi connectivity index (χ4n) is 0.807. The number of hydrogen-bond acceptors (Lipinski definition) is 4. The van der Waals surface area contributed by atoms with Gasteiger partial charge in [-0.05, 0) is 12.5 Å². The van der Waals surface area contributed by atoms with Crippen molar-refractivity contribution in [3.63, 3.8) is 0 Å². The van der Waals surface area contributed by atoms with Crippen molar-refractivity contribution in [1.82, 2.24) is 9.97 Å². The van der Waals surface area contributed by atoms with Gasteiger partial charge in [0.2, 0.25) is 0 Å². The summed E-state index contributed by atoms with van der Waals surface area (Å²) in [5.41, 5.74) is 0.975. The van der Waals surface area contributed by atoms with Crippen LogP contribution in [-0.4, -0.2) is 28.8 Å². The van der Waals surface area contributed by atoms with Crippen LogP contribution >= 0.6 is 0 Å². The van der Waals surface area contributed by atoms with Crippen LogP contribution in [0.25, 0.3) is 0 Å². The molecule has 0 radical (unpaired) electrons. The van der Waals surface area contributed by atoms with Gasteiger partial charge < -0.3 is 9.84 Å². The van der Waals surface area contributed by atoms with Gasteiger partial charge in [-0.1, -0.05) is 0 Å². The van der Waals surface area contributed by atoms with Crippen molar-refractivity contribution >= 4 is 0 Å². The molecule has 0 aliphatic rings. The summed E-state index contributed by atoms with van der Waals surface area (Å²) >= 11 is 0. The SMILES string of the molecule is COCC(O)c1ncc(C)cn1. The molecule has 4 heteroatoms. The normalized spacial score (nSPS) is 12.9. The first-order chi connectivity index (χ1) is 5.74. The van der Waals surface area contributed by atoms with E-state index < -0.39 is 6.10 Å². The Labute approximate surface area is 71.2 Å². The molecule has 0 aromatic carbocycles. The molecular weight excluding hydrogens is 156 g/mol. The van der Waals surface area contributed by atoms with Crippen LogP contribution in [0.4, 0.5) is 0 Å². The number of aryl methyl sites for hydroxylation is 1. The van der Waals surface area contributed by atoms with E-state index in [4.69, 9.17) is 4.74 Å². The second-order valence-electron chi connectivity index (χ2n) is 2.59. The molecule has 12 heavy (non-hydrogen) atoms.